The highest BCUT2D eigenvalue weighted by atomic mass is 32.2. The van der Waals surface area contributed by atoms with E-state index >= 15 is 0 Å². The number of methoxy groups -OCH3 is 2. The fourth-order valence-electron chi connectivity index (χ4n) is 6.68. The number of hydrogen-bond donors (Lipinski definition) is 2. The van der Waals surface area contributed by atoms with Crippen LogP contribution in [0, 0.1) is 22.2 Å². The number of phenols is 1. The third-order valence-electron chi connectivity index (χ3n) is 6.41. The van der Waals surface area contributed by atoms with Gasteiger partial charge in [0.1, 0.15) is 4.90 Å². The van der Waals surface area contributed by atoms with Crippen LogP contribution in [0.15, 0.2) is 4.90 Å². The standard InChI is InChI=1S/C27H48O6S/c1-13-14-18-21(32-11)20(28)22(33-12)19(23(18)34(29,30)31)24(26(7,8)15-17(2)3)27(9,10)16-25(4,5)6/h17,24,28H,13-16H2,1-12H3,(H,29,30,31). The molecule has 1 atom stereocenters. The van der Waals surface area contributed by atoms with Gasteiger partial charge >= 0.3 is 0 Å². The number of aromatic hydroxyl groups is 1. The zero-order valence-corrected chi connectivity index (χ0v) is 24.2. The Kier molecular flexibility index (Phi) is 9.57. The lowest BCUT2D eigenvalue weighted by Crippen LogP contribution is -2.39. The Balaban J connectivity index is 4.39. The zero-order chi connectivity index (χ0) is 26.9. The Bertz CT molecular complexity index is 953. The van der Waals surface area contributed by atoms with Crippen molar-refractivity contribution in [3.63, 3.8) is 0 Å². The molecule has 34 heavy (non-hydrogen) atoms. The molecule has 198 valence electrons. The number of benzene rings is 1. The van der Waals surface area contributed by atoms with Gasteiger partial charge in [0.05, 0.1) is 14.2 Å². The largest absolute Gasteiger partial charge is 0.502 e. The zero-order valence-electron chi connectivity index (χ0n) is 23.4. The van der Waals surface area contributed by atoms with Crippen molar-refractivity contribution in [2.45, 2.75) is 106 Å². The summed E-state index contributed by atoms with van der Waals surface area (Å²) >= 11 is 0. The van der Waals surface area contributed by atoms with Gasteiger partial charge in [-0.2, -0.15) is 8.42 Å². The quantitative estimate of drug-likeness (QED) is 0.311. The monoisotopic (exact) mass is 500 g/mol. The molecule has 0 aliphatic rings. The van der Waals surface area contributed by atoms with Gasteiger partial charge in [-0.1, -0.05) is 75.7 Å². The molecule has 1 unspecified atom stereocenters. The summed E-state index contributed by atoms with van der Waals surface area (Å²) in [4.78, 5) is -0.190. The molecule has 0 aliphatic heterocycles. The molecule has 7 heteroatoms. The van der Waals surface area contributed by atoms with Crippen LogP contribution in [-0.4, -0.2) is 32.3 Å². The maximum atomic E-state index is 13.0. The Morgan fingerprint density at radius 1 is 0.912 bits per heavy atom. The first-order chi connectivity index (χ1) is 15.2. The van der Waals surface area contributed by atoms with E-state index in [0.717, 1.165) is 12.8 Å². The first kappa shape index (κ1) is 30.6. The minimum atomic E-state index is -4.68. The van der Waals surface area contributed by atoms with Crippen molar-refractivity contribution in [3.05, 3.63) is 11.1 Å². The molecule has 2 N–H and O–H groups in total. The van der Waals surface area contributed by atoms with Crippen LogP contribution in [0.4, 0.5) is 0 Å². The lowest BCUT2D eigenvalue weighted by atomic mass is 9.56. The number of hydrogen-bond acceptors (Lipinski definition) is 5. The van der Waals surface area contributed by atoms with Crippen molar-refractivity contribution in [3.8, 4) is 17.2 Å². The highest BCUT2D eigenvalue weighted by molar-refractivity contribution is 7.86. The fraction of sp³-hybridized carbons (Fsp3) is 0.778. The van der Waals surface area contributed by atoms with Crippen LogP contribution in [0.2, 0.25) is 0 Å². The second-order valence-corrected chi connectivity index (χ2v) is 14.0. The van der Waals surface area contributed by atoms with E-state index in [0.29, 0.717) is 24.3 Å². The van der Waals surface area contributed by atoms with Crippen molar-refractivity contribution in [2.75, 3.05) is 14.2 Å². The van der Waals surface area contributed by atoms with Crippen LogP contribution in [0.25, 0.3) is 0 Å². The normalized spacial score (nSPS) is 14.4. The summed E-state index contributed by atoms with van der Waals surface area (Å²) in [5, 5.41) is 11.2. The summed E-state index contributed by atoms with van der Waals surface area (Å²) in [6.07, 6.45) is 2.53. The molecule has 0 radical (unpaired) electrons. The van der Waals surface area contributed by atoms with E-state index in [9.17, 15) is 18.1 Å². The van der Waals surface area contributed by atoms with E-state index in [1.807, 2.05) is 6.92 Å². The molecule has 0 aromatic heterocycles. The first-order valence-electron chi connectivity index (χ1n) is 12.2. The number of phenolic OH excluding ortho intramolecular Hbond substituents is 1. The molecule has 0 bridgehead atoms. The highest BCUT2D eigenvalue weighted by Crippen LogP contribution is 2.60. The summed E-state index contributed by atoms with van der Waals surface area (Å²) in [7, 11) is -1.89. The lowest BCUT2D eigenvalue weighted by molar-refractivity contribution is 0.0750. The Hall–Kier alpha value is -1.47. The predicted molar refractivity (Wildman–Crippen MR) is 139 cm³/mol. The smallest absolute Gasteiger partial charge is 0.295 e. The van der Waals surface area contributed by atoms with Gasteiger partial charge in [-0.3, -0.25) is 4.55 Å². The summed E-state index contributed by atoms with van der Waals surface area (Å²) < 4.78 is 47.8. The summed E-state index contributed by atoms with van der Waals surface area (Å²) in [6, 6.07) is 0. The van der Waals surface area contributed by atoms with Crippen molar-refractivity contribution < 1.29 is 27.6 Å². The van der Waals surface area contributed by atoms with Gasteiger partial charge in [-0.25, -0.2) is 0 Å². The predicted octanol–water partition coefficient (Wildman–Crippen LogP) is 7.23. The summed E-state index contributed by atoms with van der Waals surface area (Å²) in [5.74, 6) is -0.156. The second-order valence-electron chi connectivity index (χ2n) is 12.6. The molecule has 0 saturated heterocycles. The Morgan fingerprint density at radius 2 is 1.41 bits per heavy atom. The Labute approximate surface area is 208 Å². The van der Waals surface area contributed by atoms with E-state index in [1.165, 1.54) is 14.2 Å². The summed E-state index contributed by atoms with van der Waals surface area (Å²) in [6.45, 7) is 21.2. The van der Waals surface area contributed by atoms with Gasteiger partial charge in [-0.05, 0) is 47.3 Å². The van der Waals surface area contributed by atoms with Crippen LogP contribution >= 0.6 is 0 Å². The first-order valence-corrected chi connectivity index (χ1v) is 13.7. The molecule has 0 spiro atoms. The van der Waals surface area contributed by atoms with Crippen molar-refractivity contribution in [1.29, 1.82) is 0 Å². The van der Waals surface area contributed by atoms with Crippen LogP contribution in [0.3, 0.4) is 0 Å². The van der Waals surface area contributed by atoms with E-state index in [2.05, 4.69) is 62.3 Å². The number of rotatable bonds is 11. The maximum Gasteiger partial charge on any atom is 0.295 e. The average molecular weight is 501 g/mol. The Morgan fingerprint density at radius 3 is 1.76 bits per heavy atom. The average Bonchev–Trinajstić information content (AvgIpc) is 2.57. The molecule has 1 aromatic carbocycles. The van der Waals surface area contributed by atoms with Crippen LogP contribution in [-0.2, 0) is 16.5 Å². The van der Waals surface area contributed by atoms with Crippen LogP contribution in [0.1, 0.15) is 106 Å². The lowest BCUT2D eigenvalue weighted by Gasteiger charge is -2.49. The molecular weight excluding hydrogens is 452 g/mol. The van der Waals surface area contributed by atoms with Crippen molar-refractivity contribution >= 4 is 10.1 Å². The van der Waals surface area contributed by atoms with E-state index in [-0.39, 0.29) is 44.5 Å². The highest BCUT2D eigenvalue weighted by Gasteiger charge is 2.48. The van der Waals surface area contributed by atoms with E-state index in [1.54, 1.807) is 0 Å². The number of ether oxygens (including phenoxy) is 2. The minimum absolute atomic E-state index is 0.0316. The van der Waals surface area contributed by atoms with Gasteiger partial charge in [0.15, 0.2) is 11.5 Å². The maximum absolute atomic E-state index is 13.0. The summed E-state index contributed by atoms with van der Waals surface area (Å²) in [5.41, 5.74) is -0.208. The molecule has 1 aromatic rings. The van der Waals surface area contributed by atoms with E-state index < -0.39 is 15.5 Å². The van der Waals surface area contributed by atoms with Crippen LogP contribution < -0.4 is 9.47 Å². The topological polar surface area (TPSA) is 93.1 Å². The minimum Gasteiger partial charge on any atom is -0.502 e. The third kappa shape index (κ3) is 6.81. The van der Waals surface area contributed by atoms with Crippen molar-refractivity contribution in [2.24, 2.45) is 22.2 Å². The molecule has 1 rings (SSSR count). The van der Waals surface area contributed by atoms with Gasteiger partial charge in [0.25, 0.3) is 10.1 Å². The third-order valence-corrected chi connectivity index (χ3v) is 7.39. The molecule has 0 heterocycles. The van der Waals surface area contributed by atoms with E-state index in [4.69, 9.17) is 9.47 Å². The molecule has 6 nitrogen and oxygen atoms in total. The second kappa shape index (κ2) is 10.7. The fourth-order valence-corrected chi connectivity index (χ4v) is 7.68. The van der Waals surface area contributed by atoms with Crippen LogP contribution in [0.5, 0.6) is 17.2 Å². The molecule has 0 saturated carbocycles. The molecule has 0 fully saturated rings. The van der Waals surface area contributed by atoms with Gasteiger partial charge in [-0.15, -0.1) is 0 Å². The molecular formula is C27H48O6S. The van der Waals surface area contributed by atoms with Gasteiger partial charge < -0.3 is 14.6 Å². The molecule has 0 amide bonds. The van der Waals surface area contributed by atoms with Crippen molar-refractivity contribution in [1.82, 2.24) is 0 Å². The van der Waals surface area contributed by atoms with Gasteiger partial charge in [0, 0.05) is 11.1 Å². The van der Waals surface area contributed by atoms with Gasteiger partial charge in [0.2, 0.25) is 5.75 Å². The SMILES string of the molecule is CCCc1c(OC)c(O)c(OC)c(C(C(C)(C)CC(C)C)C(C)(C)CC(C)(C)C)c1S(=O)(=O)O. The molecule has 0 aliphatic carbocycles.